The molecule has 1 aliphatic rings. The Labute approximate surface area is 160 Å². The number of aromatic amines is 1. The highest BCUT2D eigenvalue weighted by Crippen LogP contribution is 2.29. The summed E-state index contributed by atoms with van der Waals surface area (Å²) < 4.78 is 7.23. The van der Waals surface area contributed by atoms with Crippen LogP contribution in [0.4, 0.5) is 0 Å². The van der Waals surface area contributed by atoms with E-state index in [0.29, 0.717) is 4.77 Å². The molecule has 136 valence electrons. The van der Waals surface area contributed by atoms with E-state index in [1.165, 1.54) is 23.4 Å². The van der Waals surface area contributed by atoms with Gasteiger partial charge in [-0.1, -0.05) is 6.92 Å². The van der Waals surface area contributed by atoms with E-state index in [1.807, 2.05) is 24.3 Å². The maximum absolute atomic E-state index is 13.3. The molecule has 3 heterocycles. The van der Waals surface area contributed by atoms with Crippen molar-refractivity contribution in [3.05, 3.63) is 49.8 Å². The summed E-state index contributed by atoms with van der Waals surface area (Å²) in [6, 6.07) is 7.41. The fourth-order valence-corrected chi connectivity index (χ4v) is 5.41. The summed E-state index contributed by atoms with van der Waals surface area (Å²) in [5.74, 6) is 0.754. The summed E-state index contributed by atoms with van der Waals surface area (Å²) in [4.78, 5) is 20.4. The average Bonchev–Trinajstić information content (AvgIpc) is 3.00. The number of fused-ring (bicyclic) bond motifs is 3. The summed E-state index contributed by atoms with van der Waals surface area (Å²) >= 11 is 7.18. The Hall–Kier alpha value is -1.96. The predicted molar refractivity (Wildman–Crippen MR) is 108 cm³/mol. The van der Waals surface area contributed by atoms with Gasteiger partial charge in [-0.3, -0.25) is 9.36 Å². The van der Waals surface area contributed by atoms with Crippen molar-refractivity contribution in [1.29, 1.82) is 0 Å². The number of ether oxygens (including phenoxy) is 1. The number of hydrogen-bond donors (Lipinski definition) is 2. The lowest BCUT2D eigenvalue weighted by atomic mass is 10.1. The van der Waals surface area contributed by atoms with Crippen LogP contribution in [-0.4, -0.2) is 29.8 Å². The number of quaternary nitrogens is 1. The lowest BCUT2D eigenvalue weighted by Gasteiger charge is -2.23. The minimum absolute atomic E-state index is 0.0228. The molecule has 2 N–H and O–H groups in total. The van der Waals surface area contributed by atoms with Gasteiger partial charge in [-0.2, -0.15) is 0 Å². The molecule has 0 bridgehead atoms. The van der Waals surface area contributed by atoms with Crippen LogP contribution in [0.25, 0.3) is 15.9 Å². The minimum atomic E-state index is -0.0228. The van der Waals surface area contributed by atoms with E-state index < -0.39 is 0 Å². The zero-order valence-electron chi connectivity index (χ0n) is 14.9. The Morgan fingerprint density at radius 1 is 1.35 bits per heavy atom. The van der Waals surface area contributed by atoms with Gasteiger partial charge in [0.05, 0.1) is 36.2 Å². The van der Waals surface area contributed by atoms with Crippen LogP contribution in [0.5, 0.6) is 5.75 Å². The first-order valence-corrected chi connectivity index (χ1v) is 10.1. The third-order valence-corrected chi connectivity index (χ3v) is 6.44. The van der Waals surface area contributed by atoms with Gasteiger partial charge in [0.2, 0.25) is 0 Å². The lowest BCUT2D eigenvalue weighted by Crippen LogP contribution is -3.11. The third-order valence-electron chi connectivity index (χ3n) is 5.00. The first-order valence-electron chi connectivity index (χ1n) is 8.90. The van der Waals surface area contributed by atoms with Gasteiger partial charge >= 0.3 is 0 Å². The Kier molecular flexibility index (Phi) is 4.69. The van der Waals surface area contributed by atoms with E-state index in [4.69, 9.17) is 17.0 Å². The summed E-state index contributed by atoms with van der Waals surface area (Å²) in [6.07, 6.45) is 2.13. The molecule has 0 aliphatic carbocycles. The first-order chi connectivity index (χ1) is 12.6. The van der Waals surface area contributed by atoms with Crippen molar-refractivity contribution in [2.24, 2.45) is 0 Å². The topological polar surface area (TPSA) is 51.5 Å². The molecule has 0 saturated carbocycles. The van der Waals surface area contributed by atoms with Crippen LogP contribution >= 0.6 is 23.6 Å². The molecule has 1 aliphatic heterocycles. The average molecular weight is 389 g/mol. The molecule has 1 atom stereocenters. The molecule has 0 fully saturated rings. The fraction of sp³-hybridized carbons (Fsp3) is 0.368. The summed E-state index contributed by atoms with van der Waals surface area (Å²) in [5, 5.41) is 0.810. The van der Waals surface area contributed by atoms with Crippen molar-refractivity contribution >= 4 is 33.8 Å². The van der Waals surface area contributed by atoms with Gasteiger partial charge in [-0.05, 0) is 48.5 Å². The molecular weight excluding hydrogens is 366 g/mol. The largest absolute Gasteiger partial charge is 0.497 e. The molecule has 1 aromatic carbocycles. The molecule has 7 heteroatoms. The molecule has 3 aromatic rings. The van der Waals surface area contributed by atoms with Gasteiger partial charge in [0.15, 0.2) is 4.77 Å². The lowest BCUT2D eigenvalue weighted by molar-refractivity contribution is -0.915. The Morgan fingerprint density at radius 3 is 2.81 bits per heavy atom. The number of hydrogen-bond acceptors (Lipinski definition) is 4. The number of nitrogens with zero attached hydrogens (tertiary/aromatic N) is 1. The monoisotopic (exact) mass is 388 g/mol. The molecule has 1 unspecified atom stereocenters. The van der Waals surface area contributed by atoms with Gasteiger partial charge in [-0.25, -0.2) is 0 Å². The summed E-state index contributed by atoms with van der Waals surface area (Å²) in [6.45, 7) is 5.49. The van der Waals surface area contributed by atoms with Crippen LogP contribution in [0.15, 0.2) is 29.1 Å². The van der Waals surface area contributed by atoms with Gasteiger partial charge in [-0.15, -0.1) is 11.3 Å². The number of rotatable bonds is 4. The molecule has 4 rings (SSSR count). The van der Waals surface area contributed by atoms with Crippen molar-refractivity contribution in [3.63, 3.8) is 0 Å². The molecule has 26 heavy (non-hydrogen) atoms. The summed E-state index contributed by atoms with van der Waals surface area (Å²) in [7, 11) is 1.63. The Morgan fingerprint density at radius 2 is 2.12 bits per heavy atom. The van der Waals surface area contributed by atoms with Crippen LogP contribution in [0.1, 0.15) is 23.8 Å². The molecule has 0 radical (unpaired) electrons. The zero-order chi connectivity index (χ0) is 18.3. The number of methoxy groups -OCH3 is 1. The van der Waals surface area contributed by atoms with Gasteiger partial charge in [0.25, 0.3) is 5.56 Å². The standard InChI is InChI=1S/C19H21N3O2S2/c1-3-9-21-10-8-14-15(11-21)26-17-16(14)18(23)22(19(25)20-17)12-4-6-13(24-2)7-5-12/h4-7H,3,8-11H2,1-2H3,(H,20,25)/p+1. The smallest absolute Gasteiger partial charge is 0.267 e. The van der Waals surface area contributed by atoms with E-state index in [2.05, 4.69) is 11.9 Å². The van der Waals surface area contributed by atoms with Crippen molar-refractivity contribution in [3.8, 4) is 11.4 Å². The molecular formula is C19H22N3O2S2+. The van der Waals surface area contributed by atoms with E-state index in [9.17, 15) is 4.79 Å². The number of H-pyrrole nitrogens is 1. The minimum Gasteiger partial charge on any atom is -0.497 e. The van der Waals surface area contributed by atoms with Crippen LogP contribution in [0.3, 0.4) is 0 Å². The number of thiophene rings is 1. The van der Waals surface area contributed by atoms with Crippen molar-refractivity contribution in [2.45, 2.75) is 26.3 Å². The quantitative estimate of drug-likeness (QED) is 0.675. The highest BCUT2D eigenvalue weighted by atomic mass is 32.1. The van der Waals surface area contributed by atoms with Crippen molar-refractivity contribution < 1.29 is 9.64 Å². The maximum atomic E-state index is 13.3. The second-order valence-corrected chi connectivity index (χ2v) is 8.15. The highest BCUT2D eigenvalue weighted by molar-refractivity contribution is 7.71. The number of aromatic nitrogens is 2. The second-order valence-electron chi connectivity index (χ2n) is 6.65. The zero-order valence-corrected chi connectivity index (χ0v) is 16.6. The van der Waals surface area contributed by atoms with Gasteiger partial charge in [0.1, 0.15) is 17.1 Å². The molecule has 5 nitrogen and oxygen atoms in total. The van der Waals surface area contributed by atoms with Crippen molar-refractivity contribution in [1.82, 2.24) is 9.55 Å². The number of nitrogens with one attached hydrogen (secondary N) is 2. The second kappa shape index (κ2) is 6.98. The summed E-state index contributed by atoms with van der Waals surface area (Å²) in [5.41, 5.74) is 1.95. The van der Waals surface area contributed by atoms with Gasteiger partial charge < -0.3 is 14.6 Å². The van der Waals surface area contributed by atoms with Crippen LogP contribution in [-0.2, 0) is 13.0 Å². The Bertz CT molecular complexity index is 1060. The molecule has 0 spiro atoms. The number of benzene rings is 1. The first kappa shape index (κ1) is 17.5. The van der Waals surface area contributed by atoms with Crippen LogP contribution in [0.2, 0.25) is 0 Å². The molecule has 0 amide bonds. The van der Waals surface area contributed by atoms with Crippen LogP contribution in [0, 0.1) is 4.77 Å². The Balaban J connectivity index is 1.86. The normalized spacial score (nSPS) is 16.6. The highest BCUT2D eigenvalue weighted by Gasteiger charge is 2.26. The third kappa shape index (κ3) is 2.90. The molecule has 2 aromatic heterocycles. The maximum Gasteiger partial charge on any atom is 0.267 e. The van der Waals surface area contributed by atoms with E-state index >= 15 is 0 Å². The van der Waals surface area contributed by atoms with E-state index in [1.54, 1.807) is 27.9 Å². The predicted octanol–water partition coefficient (Wildman–Crippen LogP) is 2.47. The SMILES string of the molecule is CCC[NH+]1CCc2c(sc3[nH]c(=S)n(-c4ccc(OC)cc4)c(=O)c23)C1. The fourth-order valence-electron chi connectivity index (χ4n) is 3.74. The molecule has 0 saturated heterocycles. The van der Waals surface area contributed by atoms with E-state index in [-0.39, 0.29) is 5.56 Å². The van der Waals surface area contributed by atoms with Crippen LogP contribution < -0.4 is 15.2 Å². The van der Waals surface area contributed by atoms with Crippen molar-refractivity contribution in [2.75, 3.05) is 20.2 Å². The van der Waals surface area contributed by atoms with E-state index in [0.717, 1.165) is 41.2 Å². The van der Waals surface area contributed by atoms with Gasteiger partial charge in [0, 0.05) is 6.42 Å².